The highest BCUT2D eigenvalue weighted by Crippen LogP contribution is 2.23. The number of nitrogens with zero attached hydrogens (tertiary/aromatic N) is 2. The quantitative estimate of drug-likeness (QED) is 0.768. The van der Waals surface area contributed by atoms with E-state index < -0.39 is 0 Å². The summed E-state index contributed by atoms with van der Waals surface area (Å²) in [6, 6.07) is 2.17. The Labute approximate surface area is 112 Å². The van der Waals surface area contributed by atoms with Gasteiger partial charge in [0.15, 0.2) is 0 Å². The Morgan fingerprint density at radius 1 is 1.22 bits per heavy atom. The fourth-order valence-electron chi connectivity index (χ4n) is 2.20. The molecular weight excluding hydrogens is 222 g/mol. The summed E-state index contributed by atoms with van der Waals surface area (Å²) in [5.74, 6) is 1.91. The monoisotopic (exact) mass is 251 g/mol. The van der Waals surface area contributed by atoms with Crippen LogP contribution < -0.4 is 5.32 Å². The number of hydrogen-bond acceptors (Lipinski definition) is 2. The standard InChI is InChI=1S/C15H29N3/c1-6-9-18-15(7-8-17-18)14(5)13(4)11-16-10-12(2)3/h7-8,12-14,16H,6,9-11H2,1-5H3. The molecule has 0 aliphatic rings. The maximum atomic E-state index is 4.41. The minimum Gasteiger partial charge on any atom is -0.316 e. The lowest BCUT2D eigenvalue weighted by Gasteiger charge is -2.22. The first-order valence-corrected chi connectivity index (χ1v) is 7.28. The van der Waals surface area contributed by atoms with Crippen molar-refractivity contribution in [1.82, 2.24) is 15.1 Å². The molecular formula is C15H29N3. The van der Waals surface area contributed by atoms with Gasteiger partial charge in [-0.2, -0.15) is 5.10 Å². The lowest BCUT2D eigenvalue weighted by molar-refractivity contribution is 0.407. The van der Waals surface area contributed by atoms with Crippen LogP contribution in [-0.2, 0) is 6.54 Å². The van der Waals surface area contributed by atoms with E-state index in [9.17, 15) is 0 Å². The Morgan fingerprint density at radius 2 is 1.94 bits per heavy atom. The zero-order valence-electron chi connectivity index (χ0n) is 12.6. The highest BCUT2D eigenvalue weighted by atomic mass is 15.3. The molecule has 1 heterocycles. The van der Waals surface area contributed by atoms with E-state index in [0.717, 1.165) is 32.0 Å². The first-order valence-electron chi connectivity index (χ1n) is 7.28. The molecule has 0 amide bonds. The predicted octanol–water partition coefficient (Wildman–Crippen LogP) is 3.28. The molecule has 18 heavy (non-hydrogen) atoms. The highest BCUT2D eigenvalue weighted by Gasteiger charge is 2.17. The molecule has 0 aliphatic carbocycles. The summed E-state index contributed by atoms with van der Waals surface area (Å²) in [4.78, 5) is 0. The molecule has 3 nitrogen and oxygen atoms in total. The number of aromatic nitrogens is 2. The van der Waals surface area contributed by atoms with Crippen molar-refractivity contribution in [2.75, 3.05) is 13.1 Å². The van der Waals surface area contributed by atoms with Crippen molar-refractivity contribution in [2.45, 2.75) is 53.5 Å². The number of aryl methyl sites for hydroxylation is 1. The van der Waals surface area contributed by atoms with Crippen molar-refractivity contribution < 1.29 is 0 Å². The maximum absolute atomic E-state index is 4.41. The van der Waals surface area contributed by atoms with Crippen molar-refractivity contribution in [1.29, 1.82) is 0 Å². The van der Waals surface area contributed by atoms with E-state index in [0.29, 0.717) is 11.8 Å². The van der Waals surface area contributed by atoms with Crippen LogP contribution in [0.2, 0.25) is 0 Å². The summed E-state index contributed by atoms with van der Waals surface area (Å²) < 4.78 is 2.16. The van der Waals surface area contributed by atoms with Gasteiger partial charge in [-0.25, -0.2) is 0 Å². The van der Waals surface area contributed by atoms with Gasteiger partial charge < -0.3 is 5.32 Å². The van der Waals surface area contributed by atoms with E-state index in [2.05, 4.69) is 55.8 Å². The van der Waals surface area contributed by atoms with Gasteiger partial charge >= 0.3 is 0 Å². The van der Waals surface area contributed by atoms with Crippen LogP contribution in [0.15, 0.2) is 12.3 Å². The molecule has 0 aliphatic heterocycles. The smallest absolute Gasteiger partial charge is 0.0492 e. The van der Waals surface area contributed by atoms with Crippen LogP contribution >= 0.6 is 0 Å². The van der Waals surface area contributed by atoms with E-state index in [1.807, 2.05) is 6.20 Å². The topological polar surface area (TPSA) is 29.9 Å². The Kier molecular flexibility index (Phi) is 6.41. The average Bonchev–Trinajstić information content (AvgIpc) is 2.76. The summed E-state index contributed by atoms with van der Waals surface area (Å²) in [6.45, 7) is 14.5. The lowest BCUT2D eigenvalue weighted by Crippen LogP contribution is -2.28. The fourth-order valence-corrected chi connectivity index (χ4v) is 2.20. The molecule has 0 saturated heterocycles. The zero-order chi connectivity index (χ0) is 13.5. The van der Waals surface area contributed by atoms with Crippen LogP contribution in [0, 0.1) is 11.8 Å². The number of rotatable bonds is 8. The van der Waals surface area contributed by atoms with Crippen LogP contribution in [0.25, 0.3) is 0 Å². The minimum absolute atomic E-state index is 0.554. The van der Waals surface area contributed by atoms with E-state index in [4.69, 9.17) is 0 Å². The molecule has 3 heteroatoms. The third-order valence-electron chi connectivity index (χ3n) is 3.52. The van der Waals surface area contributed by atoms with Gasteiger partial charge in [0.05, 0.1) is 0 Å². The van der Waals surface area contributed by atoms with Crippen molar-refractivity contribution in [2.24, 2.45) is 11.8 Å². The second-order valence-electron chi connectivity index (χ2n) is 5.80. The molecule has 2 atom stereocenters. The summed E-state index contributed by atoms with van der Waals surface area (Å²) in [6.07, 6.45) is 3.07. The first-order chi connectivity index (χ1) is 8.56. The molecule has 0 fully saturated rings. The van der Waals surface area contributed by atoms with Crippen LogP contribution in [-0.4, -0.2) is 22.9 Å². The normalized spacial score (nSPS) is 15.0. The van der Waals surface area contributed by atoms with Crippen LogP contribution in [0.1, 0.15) is 52.7 Å². The average molecular weight is 251 g/mol. The van der Waals surface area contributed by atoms with Crippen molar-refractivity contribution in [3.8, 4) is 0 Å². The molecule has 0 aromatic carbocycles. The number of hydrogen-bond donors (Lipinski definition) is 1. The second kappa shape index (κ2) is 7.57. The predicted molar refractivity (Wildman–Crippen MR) is 77.8 cm³/mol. The SMILES string of the molecule is CCCn1nccc1C(C)C(C)CNCC(C)C. The van der Waals surface area contributed by atoms with E-state index in [1.165, 1.54) is 5.69 Å². The van der Waals surface area contributed by atoms with Crippen LogP contribution in [0.4, 0.5) is 0 Å². The molecule has 104 valence electrons. The van der Waals surface area contributed by atoms with Gasteiger partial charge in [-0.15, -0.1) is 0 Å². The molecule has 2 unspecified atom stereocenters. The van der Waals surface area contributed by atoms with Gasteiger partial charge in [0.1, 0.15) is 0 Å². The molecule has 0 bridgehead atoms. The van der Waals surface area contributed by atoms with Crippen LogP contribution in [0.3, 0.4) is 0 Å². The van der Waals surface area contributed by atoms with Gasteiger partial charge in [0.2, 0.25) is 0 Å². The molecule has 0 spiro atoms. The van der Waals surface area contributed by atoms with Gasteiger partial charge in [0, 0.05) is 24.4 Å². The largest absolute Gasteiger partial charge is 0.316 e. The van der Waals surface area contributed by atoms with Gasteiger partial charge in [-0.3, -0.25) is 4.68 Å². The maximum Gasteiger partial charge on any atom is 0.0492 e. The van der Waals surface area contributed by atoms with Crippen LogP contribution in [0.5, 0.6) is 0 Å². The molecule has 1 aromatic rings. The minimum atomic E-state index is 0.554. The summed E-state index contributed by atoms with van der Waals surface area (Å²) >= 11 is 0. The Bertz CT molecular complexity index is 330. The van der Waals surface area contributed by atoms with Crippen molar-refractivity contribution in [3.05, 3.63) is 18.0 Å². The summed E-state index contributed by atoms with van der Waals surface area (Å²) in [5.41, 5.74) is 1.37. The fraction of sp³-hybridized carbons (Fsp3) is 0.800. The van der Waals surface area contributed by atoms with Crippen molar-refractivity contribution >= 4 is 0 Å². The third-order valence-corrected chi connectivity index (χ3v) is 3.52. The zero-order valence-corrected chi connectivity index (χ0v) is 12.6. The molecule has 1 rings (SSSR count). The van der Waals surface area contributed by atoms with E-state index in [-0.39, 0.29) is 0 Å². The Morgan fingerprint density at radius 3 is 2.56 bits per heavy atom. The molecule has 1 N–H and O–H groups in total. The molecule has 1 aromatic heterocycles. The lowest BCUT2D eigenvalue weighted by atomic mass is 9.92. The second-order valence-corrected chi connectivity index (χ2v) is 5.80. The first kappa shape index (κ1) is 15.2. The number of nitrogens with one attached hydrogen (secondary N) is 1. The highest BCUT2D eigenvalue weighted by molar-refractivity contribution is 5.08. The van der Waals surface area contributed by atoms with Gasteiger partial charge in [0.25, 0.3) is 0 Å². The third kappa shape index (κ3) is 4.45. The van der Waals surface area contributed by atoms with Crippen molar-refractivity contribution in [3.63, 3.8) is 0 Å². The Hall–Kier alpha value is -0.830. The van der Waals surface area contributed by atoms with E-state index in [1.54, 1.807) is 0 Å². The summed E-state index contributed by atoms with van der Waals surface area (Å²) in [7, 11) is 0. The van der Waals surface area contributed by atoms with E-state index >= 15 is 0 Å². The molecule has 0 saturated carbocycles. The van der Waals surface area contributed by atoms with Gasteiger partial charge in [-0.1, -0.05) is 34.6 Å². The molecule has 0 radical (unpaired) electrons. The van der Waals surface area contributed by atoms with Gasteiger partial charge in [-0.05, 0) is 37.4 Å². The Balaban J connectivity index is 2.51. The summed E-state index contributed by atoms with van der Waals surface area (Å²) in [5, 5.41) is 7.96.